The van der Waals surface area contributed by atoms with E-state index >= 15 is 0 Å². The van der Waals surface area contributed by atoms with Gasteiger partial charge in [-0.25, -0.2) is 4.90 Å². The molecular formula is C16H9Cl2NO3S. The standard InChI is InChI=1S/C16H9Cl2NO3S/c17-10-5-4-9(13(18)7-10)6-14-15(21)19(16(22)23-14)11-2-1-3-12(20)8-11/h1-8,20H. The van der Waals surface area contributed by atoms with Gasteiger partial charge >= 0.3 is 0 Å². The number of phenols is 1. The quantitative estimate of drug-likeness (QED) is 0.765. The second-order valence-electron chi connectivity index (χ2n) is 4.70. The normalized spacial score (nSPS) is 16.4. The average Bonchev–Trinajstić information content (AvgIpc) is 2.76. The second kappa shape index (κ2) is 6.28. The van der Waals surface area contributed by atoms with Crippen LogP contribution in [0.15, 0.2) is 47.4 Å². The van der Waals surface area contributed by atoms with E-state index in [4.69, 9.17) is 23.2 Å². The number of anilines is 1. The first-order valence-corrected chi connectivity index (χ1v) is 8.05. The van der Waals surface area contributed by atoms with Gasteiger partial charge < -0.3 is 5.11 Å². The molecule has 1 fully saturated rings. The fourth-order valence-corrected chi connectivity index (χ4v) is 3.38. The highest BCUT2D eigenvalue weighted by molar-refractivity contribution is 8.19. The van der Waals surface area contributed by atoms with E-state index in [-0.39, 0.29) is 10.7 Å². The lowest BCUT2D eigenvalue weighted by Gasteiger charge is -2.12. The Morgan fingerprint density at radius 3 is 2.57 bits per heavy atom. The lowest BCUT2D eigenvalue weighted by molar-refractivity contribution is -0.113. The van der Waals surface area contributed by atoms with Gasteiger partial charge in [0, 0.05) is 16.1 Å². The van der Waals surface area contributed by atoms with Crippen LogP contribution in [-0.2, 0) is 4.79 Å². The van der Waals surface area contributed by atoms with Gasteiger partial charge in [-0.3, -0.25) is 9.59 Å². The van der Waals surface area contributed by atoms with Crippen LogP contribution in [0, 0.1) is 0 Å². The van der Waals surface area contributed by atoms with Crippen LogP contribution >= 0.6 is 35.0 Å². The van der Waals surface area contributed by atoms with Crippen LogP contribution in [-0.4, -0.2) is 16.3 Å². The minimum atomic E-state index is -0.461. The van der Waals surface area contributed by atoms with E-state index in [9.17, 15) is 14.7 Å². The van der Waals surface area contributed by atoms with Gasteiger partial charge in [0.25, 0.3) is 11.1 Å². The minimum Gasteiger partial charge on any atom is -0.508 e. The molecule has 0 aliphatic carbocycles. The van der Waals surface area contributed by atoms with Gasteiger partial charge in [-0.15, -0.1) is 0 Å². The molecule has 1 aliphatic rings. The largest absolute Gasteiger partial charge is 0.508 e. The molecule has 0 atom stereocenters. The zero-order chi connectivity index (χ0) is 16.6. The number of thioether (sulfide) groups is 1. The van der Waals surface area contributed by atoms with Crippen molar-refractivity contribution in [1.82, 2.24) is 0 Å². The molecule has 0 spiro atoms. The Balaban J connectivity index is 1.96. The zero-order valence-corrected chi connectivity index (χ0v) is 13.8. The molecule has 1 heterocycles. The Bertz CT molecular complexity index is 851. The van der Waals surface area contributed by atoms with E-state index in [1.54, 1.807) is 36.4 Å². The molecule has 1 aliphatic heterocycles. The van der Waals surface area contributed by atoms with Crippen molar-refractivity contribution in [2.45, 2.75) is 0 Å². The van der Waals surface area contributed by atoms with Crippen LogP contribution in [0.1, 0.15) is 5.56 Å². The van der Waals surface area contributed by atoms with Crippen molar-refractivity contribution in [2.24, 2.45) is 0 Å². The summed E-state index contributed by atoms with van der Waals surface area (Å²) in [5.41, 5.74) is 0.913. The predicted molar refractivity (Wildman–Crippen MR) is 93.0 cm³/mol. The number of imide groups is 1. The molecule has 1 saturated heterocycles. The van der Waals surface area contributed by atoms with Crippen molar-refractivity contribution >= 4 is 57.9 Å². The van der Waals surface area contributed by atoms with Gasteiger partial charge in [-0.1, -0.05) is 35.3 Å². The lowest BCUT2D eigenvalue weighted by Crippen LogP contribution is -2.27. The number of rotatable bonds is 2. The van der Waals surface area contributed by atoms with E-state index in [1.807, 2.05) is 0 Å². The molecule has 2 aromatic carbocycles. The minimum absolute atomic E-state index is 0.0220. The van der Waals surface area contributed by atoms with Gasteiger partial charge in [0.15, 0.2) is 0 Å². The van der Waals surface area contributed by atoms with Crippen molar-refractivity contribution < 1.29 is 14.7 Å². The third-order valence-electron chi connectivity index (χ3n) is 3.13. The van der Waals surface area contributed by atoms with Crippen molar-refractivity contribution in [3.63, 3.8) is 0 Å². The highest BCUT2D eigenvalue weighted by atomic mass is 35.5. The summed E-state index contributed by atoms with van der Waals surface area (Å²) in [6.45, 7) is 0. The van der Waals surface area contributed by atoms with Crippen molar-refractivity contribution in [3.05, 3.63) is 63.0 Å². The maximum absolute atomic E-state index is 12.5. The van der Waals surface area contributed by atoms with Gasteiger partial charge in [-0.05, 0) is 47.7 Å². The fourth-order valence-electron chi connectivity index (χ4n) is 2.08. The summed E-state index contributed by atoms with van der Waals surface area (Å²) in [5.74, 6) is -0.483. The second-order valence-corrected chi connectivity index (χ2v) is 6.54. The first-order chi connectivity index (χ1) is 11.0. The van der Waals surface area contributed by atoms with E-state index in [0.29, 0.717) is 21.3 Å². The number of hydrogen-bond acceptors (Lipinski definition) is 4. The highest BCUT2D eigenvalue weighted by Gasteiger charge is 2.36. The molecule has 4 nitrogen and oxygen atoms in total. The zero-order valence-electron chi connectivity index (χ0n) is 11.5. The molecule has 23 heavy (non-hydrogen) atoms. The highest BCUT2D eigenvalue weighted by Crippen LogP contribution is 2.37. The lowest BCUT2D eigenvalue weighted by atomic mass is 10.2. The third kappa shape index (κ3) is 3.22. The Morgan fingerprint density at radius 1 is 1.09 bits per heavy atom. The summed E-state index contributed by atoms with van der Waals surface area (Å²) in [4.78, 5) is 25.9. The van der Waals surface area contributed by atoms with Gasteiger partial charge in [0.1, 0.15) is 5.75 Å². The van der Waals surface area contributed by atoms with Crippen molar-refractivity contribution in [2.75, 3.05) is 4.90 Å². The molecule has 0 bridgehead atoms. The van der Waals surface area contributed by atoms with Crippen LogP contribution in [0.25, 0.3) is 6.08 Å². The number of benzene rings is 2. The van der Waals surface area contributed by atoms with Crippen LogP contribution in [0.5, 0.6) is 5.75 Å². The average molecular weight is 366 g/mol. The molecule has 0 aromatic heterocycles. The summed E-state index contributed by atoms with van der Waals surface area (Å²) in [5, 5.41) is 9.95. The number of carbonyl (C=O) groups excluding carboxylic acids is 2. The van der Waals surface area contributed by atoms with Gasteiger partial charge in [0.05, 0.1) is 10.6 Å². The first-order valence-electron chi connectivity index (χ1n) is 6.48. The number of amides is 2. The van der Waals surface area contributed by atoms with Crippen LogP contribution < -0.4 is 4.90 Å². The van der Waals surface area contributed by atoms with E-state index in [1.165, 1.54) is 12.1 Å². The van der Waals surface area contributed by atoms with Crippen molar-refractivity contribution in [1.29, 1.82) is 0 Å². The van der Waals surface area contributed by atoms with Crippen molar-refractivity contribution in [3.8, 4) is 5.75 Å². The molecule has 3 rings (SSSR count). The summed E-state index contributed by atoms with van der Waals surface area (Å²) in [7, 11) is 0. The molecule has 1 N–H and O–H groups in total. The molecule has 0 saturated carbocycles. The van der Waals surface area contributed by atoms with E-state index < -0.39 is 11.1 Å². The number of carbonyl (C=O) groups is 2. The molecule has 0 unspecified atom stereocenters. The number of halogens is 2. The number of hydrogen-bond donors (Lipinski definition) is 1. The summed E-state index contributed by atoms with van der Waals surface area (Å²) in [6, 6.07) is 10.8. The molecule has 2 amide bonds. The SMILES string of the molecule is O=C1SC(=Cc2ccc(Cl)cc2Cl)C(=O)N1c1cccc(O)c1. The summed E-state index contributed by atoms with van der Waals surface area (Å²) >= 11 is 12.7. The molecule has 2 aromatic rings. The maximum Gasteiger partial charge on any atom is 0.298 e. The Hall–Kier alpha value is -1.95. The van der Waals surface area contributed by atoms with E-state index in [0.717, 1.165) is 16.7 Å². The predicted octanol–water partition coefficient (Wildman–Crippen LogP) is 4.94. The summed E-state index contributed by atoms with van der Waals surface area (Å²) in [6.07, 6.45) is 1.55. The maximum atomic E-state index is 12.5. The molecule has 7 heteroatoms. The Morgan fingerprint density at radius 2 is 1.87 bits per heavy atom. The van der Waals surface area contributed by atoms with Crippen LogP contribution in [0.4, 0.5) is 10.5 Å². The van der Waals surface area contributed by atoms with E-state index in [2.05, 4.69) is 0 Å². The number of aromatic hydroxyl groups is 1. The Kier molecular flexibility index (Phi) is 4.35. The van der Waals surface area contributed by atoms with Gasteiger partial charge in [0.2, 0.25) is 0 Å². The number of phenolic OH excluding ortho intramolecular Hbond substituents is 1. The smallest absolute Gasteiger partial charge is 0.298 e. The summed E-state index contributed by atoms with van der Waals surface area (Å²) < 4.78 is 0. The Labute approximate surface area is 146 Å². The van der Waals surface area contributed by atoms with Crippen LogP contribution in [0.3, 0.4) is 0 Å². The first kappa shape index (κ1) is 15.9. The molecule has 0 radical (unpaired) electrons. The van der Waals surface area contributed by atoms with Gasteiger partial charge in [-0.2, -0.15) is 0 Å². The monoisotopic (exact) mass is 365 g/mol. The fraction of sp³-hybridized carbons (Fsp3) is 0. The molecule has 116 valence electrons. The number of nitrogens with zero attached hydrogens (tertiary/aromatic N) is 1. The molecular weight excluding hydrogens is 357 g/mol. The third-order valence-corrected chi connectivity index (χ3v) is 4.56. The van der Waals surface area contributed by atoms with Crippen LogP contribution in [0.2, 0.25) is 10.0 Å². The topological polar surface area (TPSA) is 57.6 Å².